The quantitative estimate of drug-likeness (QED) is 0.919. The van der Waals surface area contributed by atoms with Crippen molar-refractivity contribution in [1.29, 1.82) is 0 Å². The van der Waals surface area contributed by atoms with E-state index in [0.717, 1.165) is 17.3 Å². The molecular formula is C14H16BrN3O. The Morgan fingerprint density at radius 2 is 2.26 bits per heavy atom. The lowest BCUT2D eigenvalue weighted by Crippen LogP contribution is -2.26. The molecule has 0 aliphatic rings. The van der Waals surface area contributed by atoms with Crippen molar-refractivity contribution in [3.63, 3.8) is 0 Å². The number of hydrogen-bond donors (Lipinski definition) is 1. The second kappa shape index (κ2) is 6.52. The molecule has 1 N–H and O–H groups in total. The summed E-state index contributed by atoms with van der Waals surface area (Å²) in [6, 6.07) is 5.74. The molecule has 0 aliphatic carbocycles. The van der Waals surface area contributed by atoms with E-state index in [4.69, 9.17) is 0 Å². The lowest BCUT2D eigenvalue weighted by atomic mass is 10.1. The lowest BCUT2D eigenvalue weighted by Gasteiger charge is -2.16. The van der Waals surface area contributed by atoms with Gasteiger partial charge >= 0.3 is 0 Å². The van der Waals surface area contributed by atoms with Crippen molar-refractivity contribution in [1.82, 2.24) is 9.97 Å². The number of pyridine rings is 1. The van der Waals surface area contributed by atoms with Gasteiger partial charge in [-0.25, -0.2) is 4.98 Å². The first-order valence-corrected chi connectivity index (χ1v) is 6.96. The number of aromatic amines is 1. The number of aryl methyl sites for hydroxylation is 1. The van der Waals surface area contributed by atoms with Gasteiger partial charge in [-0.2, -0.15) is 0 Å². The minimum absolute atomic E-state index is 0.0883. The van der Waals surface area contributed by atoms with E-state index in [2.05, 4.69) is 25.9 Å². The number of carbonyl (C=O) groups is 1. The zero-order valence-corrected chi connectivity index (χ0v) is 12.4. The molecule has 2 aromatic heterocycles. The molecule has 0 radical (unpaired) electrons. The molecule has 5 heteroatoms. The normalized spacial score (nSPS) is 10.4. The summed E-state index contributed by atoms with van der Waals surface area (Å²) in [5.74, 6) is 0.764. The van der Waals surface area contributed by atoms with Crippen molar-refractivity contribution in [3.8, 4) is 0 Å². The standard InChI is InChI=1S/C14H16BrN3O/c1-18(13-6-5-12(15)10-17-13)14(19)4-2-3-11-7-8-16-9-11/h5-10,16H,2-4H2,1H3. The number of rotatable bonds is 5. The maximum atomic E-state index is 12.0. The maximum absolute atomic E-state index is 12.0. The van der Waals surface area contributed by atoms with E-state index in [1.54, 1.807) is 18.1 Å². The number of carbonyl (C=O) groups excluding carboxylic acids is 1. The van der Waals surface area contributed by atoms with Crippen molar-refractivity contribution in [2.24, 2.45) is 0 Å². The molecule has 0 fully saturated rings. The van der Waals surface area contributed by atoms with Gasteiger partial charge in [-0.3, -0.25) is 9.69 Å². The molecule has 0 aromatic carbocycles. The number of amides is 1. The molecule has 2 rings (SSSR count). The highest BCUT2D eigenvalue weighted by Gasteiger charge is 2.11. The van der Waals surface area contributed by atoms with Gasteiger partial charge in [-0.05, 0) is 52.5 Å². The fraction of sp³-hybridized carbons (Fsp3) is 0.286. The zero-order valence-electron chi connectivity index (χ0n) is 10.8. The highest BCUT2D eigenvalue weighted by atomic mass is 79.9. The summed E-state index contributed by atoms with van der Waals surface area (Å²) in [5.41, 5.74) is 1.23. The highest BCUT2D eigenvalue weighted by Crippen LogP contribution is 2.15. The van der Waals surface area contributed by atoms with Crippen LogP contribution in [-0.2, 0) is 11.2 Å². The van der Waals surface area contributed by atoms with Crippen LogP contribution in [0.15, 0.2) is 41.3 Å². The van der Waals surface area contributed by atoms with Crippen LogP contribution in [-0.4, -0.2) is 22.9 Å². The Kier molecular flexibility index (Phi) is 4.74. The molecule has 0 saturated carbocycles. The summed E-state index contributed by atoms with van der Waals surface area (Å²) >= 11 is 3.33. The predicted molar refractivity (Wildman–Crippen MR) is 79.1 cm³/mol. The minimum atomic E-state index is 0.0883. The topological polar surface area (TPSA) is 49.0 Å². The van der Waals surface area contributed by atoms with Crippen LogP contribution in [0.3, 0.4) is 0 Å². The van der Waals surface area contributed by atoms with Gasteiger partial charge in [0, 0.05) is 36.5 Å². The van der Waals surface area contributed by atoms with Crippen LogP contribution >= 0.6 is 15.9 Å². The Morgan fingerprint density at radius 1 is 1.42 bits per heavy atom. The first-order valence-electron chi connectivity index (χ1n) is 6.16. The fourth-order valence-corrected chi connectivity index (χ4v) is 2.05. The van der Waals surface area contributed by atoms with Gasteiger partial charge in [-0.1, -0.05) is 0 Å². The molecule has 1 amide bonds. The molecule has 0 saturated heterocycles. The average molecular weight is 322 g/mol. The largest absolute Gasteiger partial charge is 0.367 e. The van der Waals surface area contributed by atoms with Gasteiger partial charge in [0.2, 0.25) is 5.91 Å². The molecule has 4 nitrogen and oxygen atoms in total. The van der Waals surface area contributed by atoms with E-state index in [1.807, 2.05) is 30.6 Å². The van der Waals surface area contributed by atoms with Gasteiger partial charge in [-0.15, -0.1) is 0 Å². The second-order valence-corrected chi connectivity index (χ2v) is 5.28. The van der Waals surface area contributed by atoms with Gasteiger partial charge in [0.1, 0.15) is 5.82 Å². The van der Waals surface area contributed by atoms with Crippen LogP contribution in [0.5, 0.6) is 0 Å². The van der Waals surface area contributed by atoms with Crippen molar-refractivity contribution in [3.05, 3.63) is 46.8 Å². The summed E-state index contributed by atoms with van der Waals surface area (Å²) in [6.45, 7) is 0. The van der Waals surface area contributed by atoms with Crippen LogP contribution in [0.1, 0.15) is 18.4 Å². The number of anilines is 1. The van der Waals surface area contributed by atoms with E-state index >= 15 is 0 Å². The molecule has 0 bridgehead atoms. The van der Waals surface area contributed by atoms with Crippen LogP contribution in [0, 0.1) is 0 Å². The molecule has 0 aliphatic heterocycles. The van der Waals surface area contributed by atoms with Crippen LogP contribution in [0.2, 0.25) is 0 Å². The van der Waals surface area contributed by atoms with Gasteiger partial charge in [0.25, 0.3) is 0 Å². The van der Waals surface area contributed by atoms with Crippen LogP contribution < -0.4 is 4.90 Å². The SMILES string of the molecule is CN(C(=O)CCCc1cc[nH]c1)c1ccc(Br)cn1. The second-order valence-electron chi connectivity index (χ2n) is 4.36. The van der Waals surface area contributed by atoms with E-state index in [9.17, 15) is 4.79 Å². The number of H-pyrrole nitrogens is 1. The fourth-order valence-electron chi connectivity index (χ4n) is 1.82. The first kappa shape index (κ1) is 13.8. The minimum Gasteiger partial charge on any atom is -0.367 e. The monoisotopic (exact) mass is 321 g/mol. The number of hydrogen-bond acceptors (Lipinski definition) is 2. The van der Waals surface area contributed by atoms with Gasteiger partial charge in [0.05, 0.1) is 0 Å². The predicted octanol–water partition coefficient (Wildman–Crippen LogP) is 3.16. The Hall–Kier alpha value is -1.62. The lowest BCUT2D eigenvalue weighted by molar-refractivity contribution is -0.118. The molecular weight excluding hydrogens is 306 g/mol. The zero-order chi connectivity index (χ0) is 13.7. The average Bonchev–Trinajstić information content (AvgIpc) is 2.92. The molecule has 2 aromatic rings. The number of nitrogens with zero attached hydrogens (tertiary/aromatic N) is 2. The Balaban J connectivity index is 1.83. The van der Waals surface area contributed by atoms with Crippen molar-refractivity contribution >= 4 is 27.7 Å². The molecule has 100 valence electrons. The van der Waals surface area contributed by atoms with E-state index in [-0.39, 0.29) is 5.91 Å². The Labute approximate surface area is 121 Å². The van der Waals surface area contributed by atoms with Crippen LogP contribution in [0.25, 0.3) is 0 Å². The highest BCUT2D eigenvalue weighted by molar-refractivity contribution is 9.10. The molecule has 0 spiro atoms. The summed E-state index contributed by atoms with van der Waals surface area (Å²) < 4.78 is 0.907. The molecule has 0 unspecified atom stereocenters. The van der Waals surface area contributed by atoms with E-state index < -0.39 is 0 Å². The number of aromatic nitrogens is 2. The van der Waals surface area contributed by atoms with E-state index in [0.29, 0.717) is 12.2 Å². The van der Waals surface area contributed by atoms with E-state index in [1.165, 1.54) is 5.56 Å². The van der Waals surface area contributed by atoms with Crippen molar-refractivity contribution in [2.75, 3.05) is 11.9 Å². The summed E-state index contributed by atoms with van der Waals surface area (Å²) in [6.07, 6.45) is 7.84. The molecule has 19 heavy (non-hydrogen) atoms. The Bertz CT molecular complexity index is 522. The third-order valence-corrected chi connectivity index (χ3v) is 3.42. The van der Waals surface area contributed by atoms with Crippen molar-refractivity contribution < 1.29 is 4.79 Å². The van der Waals surface area contributed by atoms with Gasteiger partial charge in [0.15, 0.2) is 0 Å². The first-order chi connectivity index (χ1) is 9.16. The molecule has 0 atom stereocenters. The number of nitrogens with one attached hydrogen (secondary N) is 1. The van der Waals surface area contributed by atoms with Crippen LogP contribution in [0.4, 0.5) is 5.82 Å². The smallest absolute Gasteiger partial charge is 0.227 e. The summed E-state index contributed by atoms with van der Waals surface area (Å²) in [5, 5.41) is 0. The third-order valence-electron chi connectivity index (χ3n) is 2.95. The molecule has 2 heterocycles. The summed E-state index contributed by atoms with van der Waals surface area (Å²) in [4.78, 5) is 20.8. The van der Waals surface area contributed by atoms with Crippen molar-refractivity contribution in [2.45, 2.75) is 19.3 Å². The maximum Gasteiger partial charge on any atom is 0.227 e. The Morgan fingerprint density at radius 3 is 2.89 bits per heavy atom. The van der Waals surface area contributed by atoms with Gasteiger partial charge < -0.3 is 4.98 Å². The third kappa shape index (κ3) is 3.92. The summed E-state index contributed by atoms with van der Waals surface area (Å²) in [7, 11) is 1.76. The number of halogens is 1.